The summed E-state index contributed by atoms with van der Waals surface area (Å²) >= 11 is 5.85. The summed E-state index contributed by atoms with van der Waals surface area (Å²) in [5, 5.41) is 4.35. The number of hydrogen-bond acceptors (Lipinski definition) is 2. The van der Waals surface area contributed by atoms with Crippen molar-refractivity contribution in [2.75, 3.05) is 13.6 Å². The van der Waals surface area contributed by atoms with Gasteiger partial charge in [-0.3, -0.25) is 4.79 Å². The molecule has 1 heterocycles. The van der Waals surface area contributed by atoms with Crippen molar-refractivity contribution in [3.8, 4) is 0 Å². The highest BCUT2D eigenvalue weighted by atomic mass is 35.5. The number of aromatic amines is 1. The highest BCUT2D eigenvalue weighted by molar-refractivity contribution is 6.31. The second-order valence-corrected chi connectivity index (χ2v) is 7.07. The summed E-state index contributed by atoms with van der Waals surface area (Å²) in [4.78, 5) is 14.6. The van der Waals surface area contributed by atoms with Gasteiger partial charge in [-0.2, -0.15) is 0 Å². The summed E-state index contributed by atoms with van der Waals surface area (Å²) in [6, 6.07) is 7.28. The summed E-state index contributed by atoms with van der Waals surface area (Å²) in [7, 11) is 1.50. The molecule has 1 aromatic carbocycles. The molecule has 2 aromatic rings. The van der Waals surface area contributed by atoms with Crippen LogP contribution in [-0.2, 0) is 0 Å². The van der Waals surface area contributed by atoms with Crippen molar-refractivity contribution in [1.82, 2.24) is 10.3 Å². The standard InChI is InChI=1S/C11H11ClN2O.C11H17F.C2H6.CH5N/c1-2-13-11(15)10-6-7-5-8(12)3-4-9(7)14-10;1-2-3-5-10-6-4-7-11(12)9-8-10;2*1-2/h3-6,14H,2H2,1H3,(H,13,15);6,9H,2-5,7-8H2,1H3;1-2H3;2H2,1H3. The summed E-state index contributed by atoms with van der Waals surface area (Å²) in [6.07, 6.45) is 9.89. The molecular weight excluding hydrogens is 413 g/mol. The molecule has 1 aliphatic carbocycles. The lowest BCUT2D eigenvalue weighted by molar-refractivity contribution is 0.0951. The Bertz CT molecular complexity index is 827. The third-order valence-electron chi connectivity index (χ3n) is 4.42. The molecule has 0 aliphatic heterocycles. The van der Waals surface area contributed by atoms with Crippen molar-refractivity contribution in [2.45, 2.75) is 66.2 Å². The number of aromatic nitrogens is 1. The average Bonchev–Trinajstić information content (AvgIpc) is 3.10. The predicted molar refractivity (Wildman–Crippen MR) is 133 cm³/mol. The van der Waals surface area contributed by atoms with E-state index in [1.54, 1.807) is 18.2 Å². The summed E-state index contributed by atoms with van der Waals surface area (Å²) in [5.74, 6) is -0.0254. The van der Waals surface area contributed by atoms with Gasteiger partial charge >= 0.3 is 0 Å². The first kappa shape index (κ1) is 28.9. The molecule has 4 nitrogen and oxygen atoms in total. The van der Waals surface area contributed by atoms with Gasteiger partial charge in [0.25, 0.3) is 5.91 Å². The molecule has 0 bridgehead atoms. The van der Waals surface area contributed by atoms with E-state index < -0.39 is 0 Å². The second-order valence-electron chi connectivity index (χ2n) is 6.63. The second kappa shape index (κ2) is 17.6. The molecular formula is C25H39ClFN3O. The Morgan fingerprint density at radius 2 is 1.90 bits per heavy atom. The van der Waals surface area contributed by atoms with Crippen LogP contribution in [0.4, 0.5) is 4.39 Å². The van der Waals surface area contributed by atoms with Crippen molar-refractivity contribution >= 4 is 28.4 Å². The van der Waals surface area contributed by atoms with Crippen LogP contribution in [0.3, 0.4) is 0 Å². The van der Waals surface area contributed by atoms with Gasteiger partial charge in [-0.1, -0.05) is 50.4 Å². The maximum atomic E-state index is 12.8. The van der Waals surface area contributed by atoms with Gasteiger partial charge in [0.1, 0.15) is 5.69 Å². The fourth-order valence-electron chi connectivity index (χ4n) is 2.93. The average molecular weight is 452 g/mol. The van der Waals surface area contributed by atoms with Gasteiger partial charge in [-0.25, -0.2) is 4.39 Å². The molecule has 1 aliphatic rings. The van der Waals surface area contributed by atoms with Crippen molar-refractivity contribution in [3.63, 3.8) is 0 Å². The maximum Gasteiger partial charge on any atom is 0.267 e. The van der Waals surface area contributed by atoms with Gasteiger partial charge in [0, 0.05) is 28.9 Å². The number of nitrogens with one attached hydrogen (secondary N) is 2. The summed E-state index contributed by atoms with van der Waals surface area (Å²) in [6.45, 7) is 8.69. The quantitative estimate of drug-likeness (QED) is 0.417. The molecule has 0 atom stereocenters. The normalized spacial score (nSPS) is 12.5. The molecule has 0 saturated carbocycles. The van der Waals surface area contributed by atoms with E-state index in [4.69, 9.17) is 11.6 Å². The van der Waals surface area contributed by atoms with Gasteiger partial charge in [-0.15, -0.1) is 0 Å². The van der Waals surface area contributed by atoms with Crippen LogP contribution in [0.2, 0.25) is 5.02 Å². The van der Waals surface area contributed by atoms with Gasteiger partial charge in [-0.05, 0) is 70.0 Å². The van der Waals surface area contributed by atoms with E-state index in [9.17, 15) is 9.18 Å². The van der Waals surface area contributed by atoms with Crippen LogP contribution in [-0.4, -0.2) is 24.5 Å². The molecule has 6 heteroatoms. The number of rotatable bonds is 5. The van der Waals surface area contributed by atoms with Crippen LogP contribution < -0.4 is 11.1 Å². The predicted octanol–water partition coefficient (Wildman–Crippen LogP) is 7.31. The lowest BCUT2D eigenvalue weighted by Gasteiger charge is -2.00. The minimum atomic E-state index is -0.0928. The molecule has 3 rings (SSSR count). The number of halogens is 2. The number of carbonyl (C=O) groups excluding carboxylic acids is 1. The van der Waals surface area contributed by atoms with Crippen molar-refractivity contribution in [3.05, 3.63) is 58.5 Å². The summed E-state index contributed by atoms with van der Waals surface area (Å²) < 4.78 is 12.8. The third kappa shape index (κ3) is 11.2. The number of benzene rings is 1. The molecule has 0 saturated heterocycles. The van der Waals surface area contributed by atoms with E-state index >= 15 is 0 Å². The van der Waals surface area contributed by atoms with Gasteiger partial charge in [0.15, 0.2) is 0 Å². The Morgan fingerprint density at radius 1 is 1.19 bits per heavy atom. The summed E-state index contributed by atoms with van der Waals surface area (Å²) in [5.41, 5.74) is 7.40. The van der Waals surface area contributed by atoms with Crippen molar-refractivity contribution in [2.24, 2.45) is 5.73 Å². The van der Waals surface area contributed by atoms with E-state index in [1.165, 1.54) is 25.5 Å². The number of amides is 1. The number of hydrogen-bond donors (Lipinski definition) is 3. The van der Waals surface area contributed by atoms with E-state index in [2.05, 4.69) is 29.0 Å². The fourth-order valence-corrected chi connectivity index (χ4v) is 3.11. The molecule has 4 N–H and O–H groups in total. The monoisotopic (exact) mass is 451 g/mol. The highest BCUT2D eigenvalue weighted by Crippen LogP contribution is 2.21. The SMILES string of the molecule is CC.CCCCC1=CCCC(F)=CC1.CCNC(=O)c1cc2cc(Cl)ccc2[nH]1.CN. The Hall–Kier alpha value is -2.11. The highest BCUT2D eigenvalue weighted by Gasteiger charge is 2.08. The minimum Gasteiger partial charge on any atom is -0.351 e. The number of allylic oxidation sites excluding steroid dienone is 4. The maximum absolute atomic E-state index is 12.8. The van der Waals surface area contributed by atoms with E-state index in [1.807, 2.05) is 32.9 Å². The van der Waals surface area contributed by atoms with E-state index in [0.29, 0.717) is 23.7 Å². The van der Waals surface area contributed by atoms with Crippen LogP contribution in [0.15, 0.2) is 47.8 Å². The van der Waals surface area contributed by atoms with Crippen LogP contribution >= 0.6 is 11.6 Å². The number of fused-ring (bicyclic) bond motifs is 1. The Labute approximate surface area is 192 Å². The van der Waals surface area contributed by atoms with Crippen LogP contribution in [0.5, 0.6) is 0 Å². The lowest BCUT2D eigenvalue weighted by Crippen LogP contribution is -2.22. The molecule has 174 valence electrons. The number of nitrogens with two attached hydrogens (primary N) is 1. The largest absolute Gasteiger partial charge is 0.351 e. The number of unbranched alkanes of at least 4 members (excludes halogenated alkanes) is 1. The topological polar surface area (TPSA) is 70.9 Å². The minimum absolute atomic E-state index is 0.0674. The first-order valence-corrected chi connectivity index (χ1v) is 11.6. The molecule has 1 aromatic heterocycles. The van der Waals surface area contributed by atoms with Crippen molar-refractivity contribution in [1.29, 1.82) is 0 Å². The zero-order valence-corrected chi connectivity index (χ0v) is 20.4. The smallest absolute Gasteiger partial charge is 0.267 e. The van der Waals surface area contributed by atoms with E-state index in [-0.39, 0.29) is 11.7 Å². The first-order chi connectivity index (χ1) is 15.0. The molecule has 0 fully saturated rings. The first-order valence-electron chi connectivity index (χ1n) is 11.2. The van der Waals surface area contributed by atoms with Crippen LogP contribution in [0.1, 0.15) is 76.7 Å². The molecule has 0 radical (unpaired) electrons. The number of carbonyl (C=O) groups is 1. The number of H-pyrrole nitrogens is 1. The Morgan fingerprint density at radius 3 is 2.55 bits per heavy atom. The molecule has 31 heavy (non-hydrogen) atoms. The fraction of sp³-hybridized carbons (Fsp3) is 0.480. The van der Waals surface area contributed by atoms with Gasteiger partial charge in [0.05, 0.1) is 5.83 Å². The van der Waals surface area contributed by atoms with E-state index in [0.717, 1.165) is 30.2 Å². The Kier molecular flexibility index (Phi) is 16.4. The third-order valence-corrected chi connectivity index (χ3v) is 4.65. The molecule has 0 unspecified atom stereocenters. The Balaban J connectivity index is 0.000000510. The van der Waals surface area contributed by atoms with Crippen LogP contribution in [0, 0.1) is 0 Å². The van der Waals surface area contributed by atoms with Gasteiger partial charge in [0.2, 0.25) is 0 Å². The van der Waals surface area contributed by atoms with Crippen molar-refractivity contribution < 1.29 is 9.18 Å². The van der Waals surface area contributed by atoms with Crippen LogP contribution in [0.25, 0.3) is 10.9 Å². The molecule has 1 amide bonds. The zero-order chi connectivity index (χ0) is 23.6. The molecule has 0 spiro atoms. The van der Waals surface area contributed by atoms with Gasteiger partial charge < -0.3 is 16.0 Å². The zero-order valence-electron chi connectivity index (χ0n) is 19.7. The lowest BCUT2D eigenvalue weighted by atomic mass is 10.1.